The van der Waals surface area contributed by atoms with Gasteiger partial charge in [-0.3, -0.25) is 9.82 Å². The summed E-state index contributed by atoms with van der Waals surface area (Å²) in [6.07, 6.45) is 0. The lowest BCUT2D eigenvalue weighted by Gasteiger charge is -2.11. The van der Waals surface area contributed by atoms with E-state index in [2.05, 4.69) is 14.9 Å². The molecule has 19 heavy (non-hydrogen) atoms. The van der Waals surface area contributed by atoms with E-state index < -0.39 is 15.8 Å². The molecule has 1 aromatic carbocycles. The Balaban J connectivity index is 2.46. The van der Waals surface area contributed by atoms with Gasteiger partial charge in [-0.2, -0.15) is 5.10 Å². The highest BCUT2D eigenvalue weighted by atomic mass is 32.2. The molecule has 2 rings (SSSR count). The molecular weight excluding hydrogens is 269 g/mol. The summed E-state index contributed by atoms with van der Waals surface area (Å²) in [5, 5.41) is 6.46. The maximum atomic E-state index is 13.4. The Morgan fingerprint density at radius 3 is 2.53 bits per heavy atom. The molecule has 2 N–H and O–H groups in total. The minimum Gasteiger partial charge on any atom is -0.281 e. The molecular formula is C12H14FN3O2S. The van der Waals surface area contributed by atoms with Crippen LogP contribution in [0.1, 0.15) is 17.0 Å². The van der Waals surface area contributed by atoms with E-state index in [1.165, 1.54) is 25.1 Å². The van der Waals surface area contributed by atoms with Gasteiger partial charge in [0.1, 0.15) is 10.7 Å². The third kappa shape index (κ3) is 2.46. The highest BCUT2D eigenvalue weighted by Gasteiger charge is 2.23. The molecule has 5 nitrogen and oxygen atoms in total. The van der Waals surface area contributed by atoms with Gasteiger partial charge in [-0.25, -0.2) is 12.8 Å². The molecule has 0 unspecified atom stereocenters. The van der Waals surface area contributed by atoms with Crippen molar-refractivity contribution < 1.29 is 12.8 Å². The molecule has 0 aliphatic rings. The van der Waals surface area contributed by atoms with Crippen LogP contribution in [-0.2, 0) is 10.0 Å². The fourth-order valence-electron chi connectivity index (χ4n) is 1.85. The SMILES string of the molecule is Cc1n[nH]c(C)c1S(=O)(=O)Nc1cccc(F)c1C. The molecule has 0 bridgehead atoms. The van der Waals surface area contributed by atoms with E-state index in [1.807, 2.05) is 0 Å². The molecule has 0 saturated carbocycles. The number of benzene rings is 1. The van der Waals surface area contributed by atoms with E-state index in [4.69, 9.17) is 0 Å². The Bertz CT molecular complexity index is 703. The maximum Gasteiger partial charge on any atom is 0.265 e. The minimum atomic E-state index is -3.78. The van der Waals surface area contributed by atoms with Crippen LogP contribution >= 0.6 is 0 Å². The van der Waals surface area contributed by atoms with Crippen LogP contribution in [0.25, 0.3) is 0 Å². The van der Waals surface area contributed by atoms with Gasteiger partial charge in [0.25, 0.3) is 10.0 Å². The Labute approximate surface area is 110 Å². The van der Waals surface area contributed by atoms with E-state index in [0.717, 1.165) is 0 Å². The van der Waals surface area contributed by atoms with E-state index in [0.29, 0.717) is 11.4 Å². The summed E-state index contributed by atoms with van der Waals surface area (Å²) in [5.41, 5.74) is 1.29. The Morgan fingerprint density at radius 1 is 1.26 bits per heavy atom. The second-order valence-electron chi connectivity index (χ2n) is 4.28. The number of aryl methyl sites for hydroxylation is 2. The van der Waals surface area contributed by atoms with Crippen molar-refractivity contribution in [2.75, 3.05) is 4.72 Å². The first kappa shape index (κ1) is 13.5. The predicted molar refractivity (Wildman–Crippen MR) is 70.0 cm³/mol. The Morgan fingerprint density at radius 2 is 1.95 bits per heavy atom. The number of aromatic amines is 1. The number of aromatic nitrogens is 2. The molecule has 1 aromatic heterocycles. The van der Waals surface area contributed by atoms with Crippen LogP contribution in [0.15, 0.2) is 23.1 Å². The lowest BCUT2D eigenvalue weighted by atomic mass is 10.2. The van der Waals surface area contributed by atoms with Gasteiger partial charge in [-0.1, -0.05) is 6.07 Å². The van der Waals surface area contributed by atoms with Crippen molar-refractivity contribution in [3.63, 3.8) is 0 Å². The highest BCUT2D eigenvalue weighted by Crippen LogP contribution is 2.24. The summed E-state index contributed by atoms with van der Waals surface area (Å²) in [6, 6.07) is 4.25. The van der Waals surface area contributed by atoms with Crippen LogP contribution in [0, 0.1) is 26.6 Å². The van der Waals surface area contributed by atoms with Crippen LogP contribution < -0.4 is 4.72 Å². The number of hydrogen-bond acceptors (Lipinski definition) is 3. The summed E-state index contributed by atoms with van der Waals surface area (Å²) in [4.78, 5) is 0.0937. The van der Waals surface area contributed by atoms with Gasteiger partial charge in [0.2, 0.25) is 0 Å². The third-order valence-corrected chi connectivity index (χ3v) is 4.47. The second kappa shape index (κ2) is 4.65. The summed E-state index contributed by atoms with van der Waals surface area (Å²) in [5.74, 6) is -0.458. The van der Waals surface area contributed by atoms with Gasteiger partial charge in [-0.15, -0.1) is 0 Å². The fourth-order valence-corrected chi connectivity index (χ4v) is 3.35. The molecule has 0 fully saturated rings. The fraction of sp³-hybridized carbons (Fsp3) is 0.250. The molecule has 0 spiro atoms. The van der Waals surface area contributed by atoms with Gasteiger partial charge >= 0.3 is 0 Å². The first-order valence-corrected chi connectivity index (χ1v) is 7.10. The summed E-state index contributed by atoms with van der Waals surface area (Å²) >= 11 is 0. The van der Waals surface area contributed by atoms with Gasteiger partial charge in [0, 0.05) is 5.56 Å². The van der Waals surface area contributed by atoms with E-state index in [1.54, 1.807) is 13.8 Å². The van der Waals surface area contributed by atoms with Crippen molar-refractivity contribution >= 4 is 15.7 Å². The quantitative estimate of drug-likeness (QED) is 0.907. The largest absolute Gasteiger partial charge is 0.281 e. The first-order chi connectivity index (χ1) is 8.83. The predicted octanol–water partition coefficient (Wildman–Crippen LogP) is 2.27. The number of sulfonamides is 1. The van der Waals surface area contributed by atoms with Crippen LogP contribution in [0.5, 0.6) is 0 Å². The number of rotatable bonds is 3. The number of nitrogens with zero attached hydrogens (tertiary/aromatic N) is 1. The molecule has 2 aromatic rings. The van der Waals surface area contributed by atoms with Crippen molar-refractivity contribution in [3.8, 4) is 0 Å². The standard InChI is InChI=1S/C12H14FN3O2S/c1-7-10(13)5-4-6-11(7)16-19(17,18)12-8(2)14-15-9(12)3/h4-6,16H,1-3H3,(H,14,15). The zero-order chi connectivity index (χ0) is 14.2. The van der Waals surface area contributed by atoms with Crippen molar-refractivity contribution in [1.29, 1.82) is 0 Å². The van der Waals surface area contributed by atoms with Gasteiger partial charge < -0.3 is 0 Å². The van der Waals surface area contributed by atoms with Crippen molar-refractivity contribution in [2.24, 2.45) is 0 Å². The maximum absolute atomic E-state index is 13.4. The van der Waals surface area contributed by atoms with E-state index in [9.17, 15) is 12.8 Å². The van der Waals surface area contributed by atoms with Crippen LogP contribution in [-0.4, -0.2) is 18.6 Å². The highest BCUT2D eigenvalue weighted by molar-refractivity contribution is 7.92. The van der Waals surface area contributed by atoms with Crippen molar-refractivity contribution in [2.45, 2.75) is 25.7 Å². The smallest absolute Gasteiger partial charge is 0.265 e. The first-order valence-electron chi connectivity index (χ1n) is 5.62. The third-order valence-electron chi connectivity index (χ3n) is 2.84. The number of nitrogens with one attached hydrogen (secondary N) is 2. The molecule has 0 amide bonds. The van der Waals surface area contributed by atoms with Crippen LogP contribution in [0.4, 0.5) is 10.1 Å². The molecule has 0 saturated heterocycles. The van der Waals surface area contributed by atoms with Gasteiger partial charge in [0.05, 0.1) is 17.1 Å². The number of anilines is 1. The van der Waals surface area contributed by atoms with E-state index >= 15 is 0 Å². The molecule has 0 atom stereocenters. The average molecular weight is 283 g/mol. The Kier molecular flexibility index (Phi) is 3.32. The second-order valence-corrected chi connectivity index (χ2v) is 5.90. The lowest BCUT2D eigenvalue weighted by molar-refractivity contribution is 0.599. The van der Waals surface area contributed by atoms with Crippen LogP contribution in [0.3, 0.4) is 0 Å². The number of H-pyrrole nitrogens is 1. The van der Waals surface area contributed by atoms with Gasteiger partial charge in [-0.05, 0) is 32.9 Å². The monoisotopic (exact) mass is 283 g/mol. The van der Waals surface area contributed by atoms with Crippen molar-refractivity contribution in [1.82, 2.24) is 10.2 Å². The molecule has 1 heterocycles. The van der Waals surface area contributed by atoms with Gasteiger partial charge in [0.15, 0.2) is 0 Å². The molecule has 0 aliphatic heterocycles. The number of hydrogen-bond donors (Lipinski definition) is 2. The van der Waals surface area contributed by atoms with Crippen molar-refractivity contribution in [3.05, 3.63) is 41.0 Å². The molecule has 0 radical (unpaired) electrons. The zero-order valence-corrected chi connectivity index (χ0v) is 11.6. The lowest BCUT2D eigenvalue weighted by Crippen LogP contribution is -2.15. The van der Waals surface area contributed by atoms with Crippen LogP contribution in [0.2, 0.25) is 0 Å². The molecule has 0 aliphatic carbocycles. The molecule has 7 heteroatoms. The minimum absolute atomic E-state index is 0.0937. The summed E-state index contributed by atoms with van der Waals surface area (Å²) < 4.78 is 40.3. The summed E-state index contributed by atoms with van der Waals surface area (Å²) in [6.45, 7) is 4.73. The average Bonchev–Trinajstić information content (AvgIpc) is 2.65. The topological polar surface area (TPSA) is 74.8 Å². The number of halogens is 1. The van der Waals surface area contributed by atoms with E-state index in [-0.39, 0.29) is 16.1 Å². The normalized spacial score (nSPS) is 11.6. The summed E-state index contributed by atoms with van der Waals surface area (Å²) in [7, 11) is -3.78. The molecule has 102 valence electrons. The zero-order valence-electron chi connectivity index (χ0n) is 10.8. The Hall–Kier alpha value is -1.89.